The van der Waals surface area contributed by atoms with E-state index in [-0.39, 0.29) is 18.6 Å². The average molecular weight is 293 g/mol. The Kier molecular flexibility index (Phi) is 6.55. The molecular weight excluding hydrogens is 274 g/mol. The molecule has 6 nitrogen and oxygen atoms in total. The number of amides is 1. The molecule has 0 radical (unpaired) electrons. The van der Waals surface area contributed by atoms with Gasteiger partial charge in [0.2, 0.25) is 5.91 Å². The molecule has 21 heavy (non-hydrogen) atoms. The normalized spacial score (nSPS) is 13.2. The summed E-state index contributed by atoms with van der Waals surface area (Å²) in [6.45, 7) is 1.29. The Balaban J connectivity index is 2.37. The van der Waals surface area contributed by atoms with Gasteiger partial charge in [0.1, 0.15) is 0 Å². The van der Waals surface area contributed by atoms with Gasteiger partial charge in [-0.15, -0.1) is 0 Å². The zero-order valence-electron chi connectivity index (χ0n) is 11.8. The van der Waals surface area contributed by atoms with E-state index in [0.29, 0.717) is 12.0 Å². The van der Waals surface area contributed by atoms with Gasteiger partial charge in [0.15, 0.2) is 11.8 Å². The third-order valence-corrected chi connectivity index (χ3v) is 2.97. The Hall–Kier alpha value is -2.21. The first kappa shape index (κ1) is 16.8. The predicted octanol–water partition coefficient (Wildman–Crippen LogP) is 0.990. The number of aliphatic carboxylic acids is 1. The number of rotatable bonds is 8. The summed E-state index contributed by atoms with van der Waals surface area (Å²) in [5.41, 5.74) is 0.588. The molecule has 0 aliphatic carbocycles. The molecule has 0 aromatic heterocycles. The first-order chi connectivity index (χ1) is 9.91. The van der Waals surface area contributed by atoms with Gasteiger partial charge in [-0.2, -0.15) is 0 Å². The number of aliphatic hydroxyl groups excluding tert-OH is 1. The average Bonchev–Trinajstić information content (AvgIpc) is 2.45. The highest BCUT2D eigenvalue weighted by Crippen LogP contribution is 2.07. The number of aliphatic hydroxyl groups is 1. The van der Waals surface area contributed by atoms with Gasteiger partial charge in [0, 0.05) is 18.4 Å². The molecule has 0 fully saturated rings. The van der Waals surface area contributed by atoms with Crippen molar-refractivity contribution in [3.05, 3.63) is 35.9 Å². The smallest absolute Gasteiger partial charge is 0.328 e. The van der Waals surface area contributed by atoms with E-state index in [1.165, 1.54) is 6.92 Å². The Morgan fingerprint density at radius 3 is 2.29 bits per heavy atom. The molecule has 1 aromatic carbocycles. The molecule has 0 bridgehead atoms. The Labute approximate surface area is 122 Å². The van der Waals surface area contributed by atoms with Crippen LogP contribution in [0.2, 0.25) is 0 Å². The second-order valence-electron chi connectivity index (χ2n) is 4.77. The number of carboxylic acid groups (broad SMARTS) is 1. The van der Waals surface area contributed by atoms with Gasteiger partial charge in [-0.3, -0.25) is 9.59 Å². The molecule has 0 spiro atoms. The van der Waals surface area contributed by atoms with E-state index < -0.39 is 24.0 Å². The molecule has 0 heterocycles. The van der Waals surface area contributed by atoms with Gasteiger partial charge in [0.05, 0.1) is 6.10 Å². The van der Waals surface area contributed by atoms with Gasteiger partial charge < -0.3 is 15.5 Å². The number of carbonyl (C=O) groups excluding carboxylic acids is 2. The van der Waals surface area contributed by atoms with Crippen molar-refractivity contribution in [1.29, 1.82) is 0 Å². The Bertz CT molecular complexity index is 498. The van der Waals surface area contributed by atoms with Crippen LogP contribution in [0.1, 0.15) is 36.5 Å². The summed E-state index contributed by atoms with van der Waals surface area (Å²) in [4.78, 5) is 34.2. The highest BCUT2D eigenvalue weighted by atomic mass is 16.4. The zero-order chi connectivity index (χ0) is 15.8. The third kappa shape index (κ3) is 5.74. The zero-order valence-corrected chi connectivity index (χ0v) is 11.8. The van der Waals surface area contributed by atoms with Gasteiger partial charge >= 0.3 is 5.97 Å². The van der Waals surface area contributed by atoms with Crippen molar-refractivity contribution >= 4 is 17.7 Å². The van der Waals surface area contributed by atoms with Crippen molar-refractivity contribution in [2.24, 2.45) is 0 Å². The summed E-state index contributed by atoms with van der Waals surface area (Å²) in [6.07, 6.45) is -0.609. The van der Waals surface area contributed by atoms with Gasteiger partial charge in [-0.1, -0.05) is 30.3 Å². The fourth-order valence-corrected chi connectivity index (χ4v) is 1.81. The number of hydrogen-bond acceptors (Lipinski definition) is 4. The maximum Gasteiger partial charge on any atom is 0.328 e. The lowest BCUT2D eigenvalue weighted by Gasteiger charge is -2.16. The fraction of sp³-hybridized carbons (Fsp3) is 0.400. The summed E-state index contributed by atoms with van der Waals surface area (Å²) in [5, 5.41) is 20.3. The van der Waals surface area contributed by atoms with Crippen molar-refractivity contribution < 1.29 is 24.6 Å². The van der Waals surface area contributed by atoms with E-state index in [1.54, 1.807) is 24.3 Å². The van der Waals surface area contributed by atoms with E-state index in [1.807, 2.05) is 6.07 Å². The van der Waals surface area contributed by atoms with Gasteiger partial charge in [-0.25, -0.2) is 4.79 Å². The summed E-state index contributed by atoms with van der Waals surface area (Å²) in [5.74, 6) is -1.85. The van der Waals surface area contributed by atoms with Crippen LogP contribution in [-0.2, 0) is 9.59 Å². The van der Waals surface area contributed by atoms with Crippen molar-refractivity contribution in [3.8, 4) is 0 Å². The quantitative estimate of drug-likeness (QED) is 0.620. The van der Waals surface area contributed by atoms with Crippen LogP contribution in [0.4, 0.5) is 0 Å². The van der Waals surface area contributed by atoms with Gasteiger partial charge in [0.25, 0.3) is 0 Å². The largest absolute Gasteiger partial charge is 0.480 e. The number of Topliss-reactive ketones (excluding diaryl/α,β-unsaturated/α-hetero) is 1. The van der Waals surface area contributed by atoms with Gasteiger partial charge in [-0.05, 0) is 13.3 Å². The first-order valence-electron chi connectivity index (χ1n) is 6.70. The lowest BCUT2D eigenvalue weighted by molar-refractivity contribution is -0.144. The number of carboxylic acids is 1. The van der Waals surface area contributed by atoms with Crippen LogP contribution in [-0.4, -0.2) is 40.0 Å². The van der Waals surface area contributed by atoms with E-state index in [4.69, 9.17) is 5.11 Å². The molecule has 0 saturated carbocycles. The lowest BCUT2D eigenvalue weighted by atomic mass is 10.1. The van der Waals surface area contributed by atoms with Crippen LogP contribution < -0.4 is 5.32 Å². The molecule has 114 valence electrons. The SMILES string of the molecule is CC(O)C(NC(=O)CCCC(=O)c1ccccc1)C(=O)O. The highest BCUT2D eigenvalue weighted by Gasteiger charge is 2.24. The maximum atomic E-state index is 11.8. The minimum atomic E-state index is -1.33. The standard InChI is InChI=1S/C15H19NO5/c1-10(17)14(15(20)21)16-13(19)9-5-8-12(18)11-6-3-2-4-7-11/h2-4,6-7,10,14,17H,5,8-9H2,1H3,(H,16,19)(H,20,21). The van der Waals surface area contributed by atoms with Crippen LogP contribution in [0.25, 0.3) is 0 Å². The van der Waals surface area contributed by atoms with E-state index in [9.17, 15) is 19.5 Å². The Morgan fingerprint density at radius 1 is 1.14 bits per heavy atom. The molecule has 1 aromatic rings. The first-order valence-corrected chi connectivity index (χ1v) is 6.70. The molecular formula is C15H19NO5. The van der Waals surface area contributed by atoms with Crippen molar-refractivity contribution in [1.82, 2.24) is 5.32 Å². The number of nitrogens with one attached hydrogen (secondary N) is 1. The minimum absolute atomic E-state index is 0.0368. The van der Waals surface area contributed by atoms with E-state index in [2.05, 4.69) is 5.32 Å². The molecule has 1 amide bonds. The van der Waals surface area contributed by atoms with Crippen molar-refractivity contribution in [2.75, 3.05) is 0 Å². The summed E-state index contributed by atoms with van der Waals surface area (Å²) < 4.78 is 0. The van der Waals surface area contributed by atoms with Crippen LogP contribution >= 0.6 is 0 Å². The molecule has 2 atom stereocenters. The highest BCUT2D eigenvalue weighted by molar-refractivity contribution is 5.96. The number of benzene rings is 1. The lowest BCUT2D eigenvalue weighted by Crippen LogP contribution is -2.47. The number of carbonyl (C=O) groups is 3. The van der Waals surface area contributed by atoms with Crippen LogP contribution in [0.5, 0.6) is 0 Å². The molecule has 0 saturated heterocycles. The monoisotopic (exact) mass is 293 g/mol. The molecule has 0 aliphatic heterocycles. The second kappa shape index (κ2) is 8.16. The summed E-state index contributed by atoms with van der Waals surface area (Å²) >= 11 is 0. The second-order valence-corrected chi connectivity index (χ2v) is 4.77. The summed E-state index contributed by atoms with van der Waals surface area (Å²) in [6, 6.07) is 7.42. The van der Waals surface area contributed by atoms with Crippen LogP contribution in [0, 0.1) is 0 Å². The van der Waals surface area contributed by atoms with Crippen LogP contribution in [0.15, 0.2) is 30.3 Å². The topological polar surface area (TPSA) is 104 Å². The molecule has 0 aliphatic rings. The Morgan fingerprint density at radius 2 is 1.76 bits per heavy atom. The minimum Gasteiger partial charge on any atom is -0.480 e. The summed E-state index contributed by atoms with van der Waals surface area (Å²) in [7, 11) is 0. The van der Waals surface area contributed by atoms with E-state index in [0.717, 1.165) is 0 Å². The fourth-order valence-electron chi connectivity index (χ4n) is 1.81. The predicted molar refractivity (Wildman–Crippen MR) is 75.9 cm³/mol. The molecule has 2 unspecified atom stereocenters. The third-order valence-electron chi connectivity index (χ3n) is 2.97. The molecule has 6 heteroatoms. The maximum absolute atomic E-state index is 11.8. The number of hydrogen-bond donors (Lipinski definition) is 3. The van der Waals surface area contributed by atoms with Crippen LogP contribution in [0.3, 0.4) is 0 Å². The van der Waals surface area contributed by atoms with Crippen molar-refractivity contribution in [3.63, 3.8) is 0 Å². The molecule has 1 rings (SSSR count). The van der Waals surface area contributed by atoms with Crippen molar-refractivity contribution in [2.45, 2.75) is 38.3 Å². The van der Waals surface area contributed by atoms with E-state index >= 15 is 0 Å². The molecule has 3 N–H and O–H groups in total. The number of ketones is 1.